The second kappa shape index (κ2) is 6.14. The van der Waals surface area contributed by atoms with E-state index in [0.717, 1.165) is 36.9 Å². The molecule has 1 heterocycles. The minimum Gasteiger partial charge on any atom is -0.497 e. The Morgan fingerprint density at radius 2 is 2.05 bits per heavy atom. The van der Waals surface area contributed by atoms with Crippen LogP contribution in [0.4, 0.5) is 5.69 Å². The minimum absolute atomic E-state index is 0.530. The van der Waals surface area contributed by atoms with E-state index in [1.54, 1.807) is 14.2 Å². The smallest absolute Gasteiger partial charge is 0.145 e. The second-order valence-electron chi connectivity index (χ2n) is 6.10. The highest BCUT2D eigenvalue weighted by Crippen LogP contribution is 2.38. The number of hydrogen-bond donors (Lipinski definition) is 1. The van der Waals surface area contributed by atoms with Crippen molar-refractivity contribution in [2.45, 2.75) is 38.3 Å². The number of anilines is 1. The monoisotopic (exact) mass is 290 g/mol. The van der Waals surface area contributed by atoms with Gasteiger partial charge < -0.3 is 19.7 Å². The van der Waals surface area contributed by atoms with Crippen LogP contribution in [0.25, 0.3) is 0 Å². The fourth-order valence-electron chi connectivity index (χ4n) is 3.32. The molecule has 0 bridgehead atoms. The van der Waals surface area contributed by atoms with Crippen LogP contribution in [0.5, 0.6) is 11.5 Å². The van der Waals surface area contributed by atoms with Gasteiger partial charge in [0.25, 0.3) is 0 Å². The minimum atomic E-state index is 0.530. The van der Waals surface area contributed by atoms with Gasteiger partial charge in [0.2, 0.25) is 0 Å². The van der Waals surface area contributed by atoms with Gasteiger partial charge in [0, 0.05) is 31.2 Å². The molecule has 1 N–H and O–H groups in total. The summed E-state index contributed by atoms with van der Waals surface area (Å²) < 4.78 is 10.9. The zero-order valence-electron chi connectivity index (χ0n) is 13.3. The average molecular weight is 290 g/mol. The molecule has 1 aliphatic heterocycles. The standard InChI is InChI=1S/C17H26N2O2/c1-4-13-10-18-15(12-5-6-12)11-19(13)16-8-7-14(20-2)9-17(16)21-3/h7-9,12-13,15,18H,4-6,10-11H2,1-3H3. The number of piperazine rings is 1. The van der Waals surface area contributed by atoms with E-state index in [4.69, 9.17) is 9.47 Å². The Bertz CT molecular complexity index is 488. The largest absolute Gasteiger partial charge is 0.497 e. The normalized spacial score (nSPS) is 25.8. The van der Waals surface area contributed by atoms with Crippen molar-refractivity contribution < 1.29 is 9.47 Å². The van der Waals surface area contributed by atoms with Gasteiger partial charge in [0.15, 0.2) is 0 Å². The van der Waals surface area contributed by atoms with Gasteiger partial charge in [0.05, 0.1) is 19.9 Å². The first-order chi connectivity index (χ1) is 10.3. The SMILES string of the molecule is CCC1CNC(C2CC2)CN1c1ccc(OC)cc1OC. The van der Waals surface area contributed by atoms with E-state index in [2.05, 4.69) is 23.2 Å². The van der Waals surface area contributed by atoms with E-state index >= 15 is 0 Å². The van der Waals surface area contributed by atoms with Crippen LogP contribution in [0, 0.1) is 5.92 Å². The molecule has 0 spiro atoms. The lowest BCUT2D eigenvalue weighted by Crippen LogP contribution is -2.57. The Kier molecular flexibility index (Phi) is 4.24. The van der Waals surface area contributed by atoms with Crippen LogP contribution < -0.4 is 19.7 Å². The van der Waals surface area contributed by atoms with Crippen molar-refractivity contribution in [3.05, 3.63) is 18.2 Å². The molecule has 1 aliphatic carbocycles. The van der Waals surface area contributed by atoms with Crippen LogP contribution >= 0.6 is 0 Å². The molecular weight excluding hydrogens is 264 g/mol. The van der Waals surface area contributed by atoms with Crippen LogP contribution in [0.2, 0.25) is 0 Å². The summed E-state index contributed by atoms with van der Waals surface area (Å²) in [4.78, 5) is 2.53. The van der Waals surface area contributed by atoms with Crippen molar-refractivity contribution in [3.8, 4) is 11.5 Å². The molecule has 2 aliphatic rings. The van der Waals surface area contributed by atoms with Crippen LogP contribution in [-0.2, 0) is 0 Å². The van der Waals surface area contributed by atoms with E-state index in [9.17, 15) is 0 Å². The zero-order valence-corrected chi connectivity index (χ0v) is 13.3. The lowest BCUT2D eigenvalue weighted by molar-refractivity contribution is 0.351. The maximum absolute atomic E-state index is 5.60. The molecular formula is C17H26N2O2. The molecule has 1 aromatic carbocycles. The molecule has 1 saturated carbocycles. The lowest BCUT2D eigenvalue weighted by Gasteiger charge is -2.42. The van der Waals surface area contributed by atoms with Crippen molar-refractivity contribution in [3.63, 3.8) is 0 Å². The Morgan fingerprint density at radius 3 is 2.67 bits per heavy atom. The van der Waals surface area contributed by atoms with Gasteiger partial charge in [0.1, 0.15) is 11.5 Å². The average Bonchev–Trinajstić information content (AvgIpc) is 3.38. The number of ether oxygens (including phenoxy) is 2. The molecule has 3 rings (SSSR count). The number of nitrogens with zero attached hydrogens (tertiary/aromatic N) is 1. The van der Waals surface area contributed by atoms with Crippen molar-refractivity contribution in [1.82, 2.24) is 5.32 Å². The summed E-state index contributed by atoms with van der Waals surface area (Å²) >= 11 is 0. The molecule has 1 aromatic rings. The molecule has 1 saturated heterocycles. The summed E-state index contributed by atoms with van der Waals surface area (Å²) in [6.07, 6.45) is 3.89. The van der Waals surface area contributed by atoms with Crippen LogP contribution in [0.1, 0.15) is 26.2 Å². The lowest BCUT2D eigenvalue weighted by atomic mass is 10.0. The number of nitrogens with one attached hydrogen (secondary N) is 1. The first-order valence-corrected chi connectivity index (χ1v) is 7.98. The zero-order chi connectivity index (χ0) is 14.8. The van der Waals surface area contributed by atoms with Crippen molar-refractivity contribution in [2.24, 2.45) is 5.92 Å². The van der Waals surface area contributed by atoms with Crippen molar-refractivity contribution in [1.29, 1.82) is 0 Å². The maximum Gasteiger partial charge on any atom is 0.145 e. The summed E-state index contributed by atoms with van der Waals surface area (Å²) in [5, 5.41) is 3.73. The van der Waals surface area contributed by atoms with Gasteiger partial charge in [-0.15, -0.1) is 0 Å². The molecule has 2 fully saturated rings. The van der Waals surface area contributed by atoms with Gasteiger partial charge in [-0.1, -0.05) is 6.92 Å². The summed E-state index contributed by atoms with van der Waals surface area (Å²) in [6, 6.07) is 7.30. The first kappa shape index (κ1) is 14.5. The predicted octanol–water partition coefficient (Wildman–Crippen LogP) is 2.67. The number of methoxy groups -OCH3 is 2. The van der Waals surface area contributed by atoms with E-state index in [-0.39, 0.29) is 0 Å². The second-order valence-corrected chi connectivity index (χ2v) is 6.10. The summed E-state index contributed by atoms with van der Waals surface area (Å²) in [7, 11) is 3.43. The molecule has 0 radical (unpaired) electrons. The van der Waals surface area contributed by atoms with Gasteiger partial charge in [-0.25, -0.2) is 0 Å². The first-order valence-electron chi connectivity index (χ1n) is 7.98. The molecule has 116 valence electrons. The number of rotatable bonds is 5. The van der Waals surface area contributed by atoms with Crippen LogP contribution in [0.3, 0.4) is 0 Å². The third-order valence-corrected chi connectivity index (χ3v) is 4.81. The van der Waals surface area contributed by atoms with Gasteiger partial charge in [-0.05, 0) is 37.3 Å². The van der Waals surface area contributed by atoms with Crippen molar-refractivity contribution >= 4 is 5.69 Å². The van der Waals surface area contributed by atoms with Gasteiger partial charge in [-0.2, -0.15) is 0 Å². The van der Waals surface area contributed by atoms with E-state index in [1.165, 1.54) is 18.5 Å². The fourth-order valence-corrected chi connectivity index (χ4v) is 3.32. The molecule has 4 nitrogen and oxygen atoms in total. The summed E-state index contributed by atoms with van der Waals surface area (Å²) in [5.41, 5.74) is 1.19. The van der Waals surface area contributed by atoms with Crippen molar-refractivity contribution in [2.75, 3.05) is 32.2 Å². The van der Waals surface area contributed by atoms with E-state index < -0.39 is 0 Å². The predicted molar refractivity (Wildman–Crippen MR) is 85.5 cm³/mol. The Morgan fingerprint density at radius 1 is 1.24 bits per heavy atom. The highest BCUT2D eigenvalue weighted by molar-refractivity contribution is 5.62. The topological polar surface area (TPSA) is 33.7 Å². The van der Waals surface area contributed by atoms with Gasteiger partial charge >= 0.3 is 0 Å². The summed E-state index contributed by atoms with van der Waals surface area (Å²) in [6.45, 7) is 4.39. The van der Waals surface area contributed by atoms with E-state index in [1.807, 2.05) is 12.1 Å². The molecule has 21 heavy (non-hydrogen) atoms. The maximum atomic E-state index is 5.60. The van der Waals surface area contributed by atoms with E-state index in [0.29, 0.717) is 12.1 Å². The highest BCUT2D eigenvalue weighted by Gasteiger charge is 2.37. The Balaban J connectivity index is 1.87. The Labute approximate surface area is 127 Å². The number of hydrogen-bond acceptors (Lipinski definition) is 4. The quantitative estimate of drug-likeness (QED) is 0.904. The fraction of sp³-hybridized carbons (Fsp3) is 0.647. The molecule has 2 unspecified atom stereocenters. The third-order valence-electron chi connectivity index (χ3n) is 4.81. The molecule has 0 aromatic heterocycles. The van der Waals surface area contributed by atoms with Crippen LogP contribution in [0.15, 0.2) is 18.2 Å². The van der Waals surface area contributed by atoms with Gasteiger partial charge in [-0.3, -0.25) is 0 Å². The summed E-state index contributed by atoms with van der Waals surface area (Å²) in [5.74, 6) is 2.62. The Hall–Kier alpha value is -1.42. The third kappa shape index (κ3) is 2.95. The molecule has 4 heteroatoms. The highest BCUT2D eigenvalue weighted by atomic mass is 16.5. The number of benzene rings is 1. The molecule has 2 atom stereocenters. The van der Waals surface area contributed by atoms with Crippen LogP contribution in [-0.4, -0.2) is 39.4 Å². The molecule has 0 amide bonds.